The molecule has 8 heteroatoms. The van der Waals surface area contributed by atoms with Gasteiger partial charge < -0.3 is 5.32 Å². The van der Waals surface area contributed by atoms with Crippen LogP contribution in [0.1, 0.15) is 13.8 Å². The van der Waals surface area contributed by atoms with E-state index in [0.29, 0.717) is 28.6 Å². The standard InChI is InChI=1S/C24H23ClN4O3/c1-15(2)14-28-22-21(23(31)29(24(28)32)18-7-5-4-6-8-18)19(13-20(30)27(22)3)26-17-11-9-16(25)10-12-17/h4-13,15,26H,14H2,1-3H3. The van der Waals surface area contributed by atoms with Crippen LogP contribution in [0.2, 0.25) is 5.02 Å². The number of nitrogens with one attached hydrogen (secondary N) is 1. The highest BCUT2D eigenvalue weighted by molar-refractivity contribution is 6.30. The minimum atomic E-state index is -0.497. The molecule has 32 heavy (non-hydrogen) atoms. The molecule has 4 aromatic rings. The van der Waals surface area contributed by atoms with E-state index >= 15 is 0 Å². The molecule has 0 atom stereocenters. The largest absolute Gasteiger partial charge is 0.355 e. The first-order valence-electron chi connectivity index (χ1n) is 10.3. The maximum absolute atomic E-state index is 13.7. The Morgan fingerprint density at radius 2 is 1.62 bits per heavy atom. The van der Waals surface area contributed by atoms with Crippen LogP contribution < -0.4 is 22.1 Å². The van der Waals surface area contributed by atoms with Crippen LogP contribution in [-0.4, -0.2) is 13.7 Å². The number of halogens is 1. The smallest absolute Gasteiger partial charge is 0.337 e. The van der Waals surface area contributed by atoms with Crippen molar-refractivity contribution in [3.8, 4) is 5.69 Å². The second-order valence-corrected chi connectivity index (χ2v) is 8.49. The van der Waals surface area contributed by atoms with Crippen molar-refractivity contribution >= 4 is 34.0 Å². The summed E-state index contributed by atoms with van der Waals surface area (Å²) < 4.78 is 4.01. The first kappa shape index (κ1) is 21.6. The van der Waals surface area contributed by atoms with Gasteiger partial charge in [-0.3, -0.25) is 18.7 Å². The fourth-order valence-corrected chi connectivity index (χ4v) is 3.87. The van der Waals surface area contributed by atoms with Gasteiger partial charge >= 0.3 is 5.69 Å². The molecule has 2 heterocycles. The van der Waals surface area contributed by atoms with Gasteiger partial charge in [-0.15, -0.1) is 0 Å². The molecular formula is C24H23ClN4O3. The molecule has 0 saturated carbocycles. The van der Waals surface area contributed by atoms with Crippen molar-refractivity contribution in [1.82, 2.24) is 13.7 Å². The lowest BCUT2D eigenvalue weighted by molar-refractivity contribution is 0.501. The van der Waals surface area contributed by atoms with E-state index in [4.69, 9.17) is 11.6 Å². The van der Waals surface area contributed by atoms with Gasteiger partial charge in [-0.05, 0) is 42.3 Å². The van der Waals surface area contributed by atoms with Gasteiger partial charge in [-0.2, -0.15) is 0 Å². The molecule has 0 radical (unpaired) electrons. The highest BCUT2D eigenvalue weighted by Crippen LogP contribution is 2.23. The fourth-order valence-electron chi connectivity index (χ4n) is 3.74. The molecule has 0 saturated heterocycles. The number of anilines is 2. The summed E-state index contributed by atoms with van der Waals surface area (Å²) in [6.07, 6.45) is 0. The molecule has 7 nitrogen and oxygen atoms in total. The molecule has 0 spiro atoms. The monoisotopic (exact) mass is 450 g/mol. The molecule has 0 aliphatic rings. The van der Waals surface area contributed by atoms with Crippen LogP contribution in [0.15, 0.2) is 75.0 Å². The van der Waals surface area contributed by atoms with Gasteiger partial charge in [0.1, 0.15) is 11.0 Å². The predicted molar refractivity (Wildman–Crippen MR) is 129 cm³/mol. The van der Waals surface area contributed by atoms with E-state index in [2.05, 4.69) is 5.32 Å². The summed E-state index contributed by atoms with van der Waals surface area (Å²) in [5, 5.41) is 3.99. The predicted octanol–water partition coefficient (Wildman–Crippen LogP) is 3.90. The minimum absolute atomic E-state index is 0.112. The molecule has 4 rings (SSSR count). The topological polar surface area (TPSA) is 78.0 Å². The molecular weight excluding hydrogens is 428 g/mol. The van der Waals surface area contributed by atoms with Gasteiger partial charge in [-0.1, -0.05) is 43.6 Å². The van der Waals surface area contributed by atoms with E-state index in [0.717, 1.165) is 4.57 Å². The number of hydrogen-bond acceptors (Lipinski definition) is 4. The van der Waals surface area contributed by atoms with Gasteiger partial charge in [0.05, 0.1) is 11.4 Å². The quantitative estimate of drug-likeness (QED) is 0.500. The second-order valence-electron chi connectivity index (χ2n) is 8.05. The first-order chi connectivity index (χ1) is 15.3. The number of aromatic nitrogens is 3. The zero-order valence-corrected chi connectivity index (χ0v) is 18.8. The van der Waals surface area contributed by atoms with E-state index < -0.39 is 11.2 Å². The third-order valence-corrected chi connectivity index (χ3v) is 5.44. The normalized spacial score (nSPS) is 11.3. The third kappa shape index (κ3) is 3.87. The minimum Gasteiger partial charge on any atom is -0.355 e. The summed E-state index contributed by atoms with van der Waals surface area (Å²) in [4.78, 5) is 40.0. The molecule has 0 aliphatic carbocycles. The van der Waals surface area contributed by atoms with Gasteiger partial charge in [-0.25, -0.2) is 9.36 Å². The number of pyridine rings is 1. The van der Waals surface area contributed by atoms with Crippen LogP contribution >= 0.6 is 11.6 Å². The van der Waals surface area contributed by atoms with E-state index in [1.807, 2.05) is 19.9 Å². The molecule has 2 aromatic carbocycles. The molecule has 0 bridgehead atoms. The molecule has 1 N–H and O–H groups in total. The van der Waals surface area contributed by atoms with Crippen LogP contribution in [-0.2, 0) is 13.6 Å². The molecule has 0 amide bonds. The Bertz CT molecular complexity index is 1470. The maximum Gasteiger partial charge on any atom is 0.337 e. The van der Waals surface area contributed by atoms with Crippen molar-refractivity contribution in [3.05, 3.63) is 96.9 Å². The molecule has 0 aliphatic heterocycles. The lowest BCUT2D eigenvalue weighted by Gasteiger charge is -2.19. The Balaban J connectivity index is 2.13. The number of fused-ring (bicyclic) bond motifs is 1. The van der Waals surface area contributed by atoms with Crippen molar-refractivity contribution < 1.29 is 0 Å². The first-order valence-corrected chi connectivity index (χ1v) is 10.6. The van der Waals surface area contributed by atoms with Gasteiger partial charge in [0.25, 0.3) is 11.1 Å². The molecule has 0 unspecified atom stereocenters. The highest BCUT2D eigenvalue weighted by Gasteiger charge is 2.21. The number of aryl methyl sites for hydroxylation is 1. The van der Waals surface area contributed by atoms with Gasteiger partial charge in [0.15, 0.2) is 0 Å². The summed E-state index contributed by atoms with van der Waals surface area (Å²) in [6, 6.07) is 17.1. The van der Waals surface area contributed by atoms with Crippen molar-refractivity contribution in [2.24, 2.45) is 13.0 Å². The van der Waals surface area contributed by atoms with Crippen LogP contribution in [0.3, 0.4) is 0 Å². The summed E-state index contributed by atoms with van der Waals surface area (Å²) in [5.74, 6) is 0.112. The average Bonchev–Trinajstić information content (AvgIpc) is 2.76. The summed E-state index contributed by atoms with van der Waals surface area (Å²) >= 11 is 5.98. The number of para-hydroxylation sites is 1. The Labute approximate surface area is 189 Å². The summed E-state index contributed by atoms with van der Waals surface area (Å²) in [7, 11) is 1.57. The van der Waals surface area contributed by atoms with E-state index in [1.165, 1.54) is 15.2 Å². The van der Waals surface area contributed by atoms with Gasteiger partial charge in [0, 0.05) is 30.4 Å². The Morgan fingerprint density at radius 1 is 0.969 bits per heavy atom. The summed E-state index contributed by atoms with van der Waals surface area (Å²) in [5.41, 5.74) is 0.430. The fraction of sp³-hybridized carbons (Fsp3) is 0.208. The average molecular weight is 451 g/mol. The molecule has 2 aromatic heterocycles. The van der Waals surface area contributed by atoms with E-state index in [1.54, 1.807) is 55.6 Å². The maximum atomic E-state index is 13.7. The van der Waals surface area contributed by atoms with E-state index in [9.17, 15) is 14.4 Å². The van der Waals surface area contributed by atoms with Crippen LogP contribution in [0, 0.1) is 5.92 Å². The lowest BCUT2D eigenvalue weighted by Crippen LogP contribution is -2.42. The van der Waals surface area contributed by atoms with Crippen LogP contribution in [0.4, 0.5) is 11.4 Å². The number of benzene rings is 2. The Kier molecular flexibility index (Phi) is 5.76. The number of hydrogen-bond donors (Lipinski definition) is 1. The van der Waals surface area contributed by atoms with E-state index in [-0.39, 0.29) is 22.5 Å². The summed E-state index contributed by atoms with van der Waals surface area (Å²) in [6.45, 7) is 4.30. The third-order valence-electron chi connectivity index (χ3n) is 5.19. The molecule has 0 fully saturated rings. The lowest BCUT2D eigenvalue weighted by atomic mass is 10.2. The van der Waals surface area contributed by atoms with Gasteiger partial charge in [0.2, 0.25) is 0 Å². The van der Waals surface area contributed by atoms with Crippen molar-refractivity contribution in [2.75, 3.05) is 5.32 Å². The Morgan fingerprint density at radius 3 is 2.25 bits per heavy atom. The second kappa shape index (κ2) is 8.51. The Hall–Kier alpha value is -3.58. The SMILES string of the molecule is CC(C)Cn1c(=O)n(-c2ccccc2)c(=O)c2c(Nc3ccc(Cl)cc3)cc(=O)n(C)c21. The molecule has 164 valence electrons. The van der Waals surface area contributed by atoms with Crippen molar-refractivity contribution in [3.63, 3.8) is 0 Å². The number of rotatable bonds is 5. The van der Waals surface area contributed by atoms with Crippen LogP contribution in [0.25, 0.3) is 16.7 Å². The van der Waals surface area contributed by atoms with Crippen molar-refractivity contribution in [2.45, 2.75) is 20.4 Å². The van der Waals surface area contributed by atoms with Crippen LogP contribution in [0.5, 0.6) is 0 Å². The zero-order chi connectivity index (χ0) is 23.0. The number of nitrogens with zero attached hydrogens (tertiary/aromatic N) is 3. The zero-order valence-electron chi connectivity index (χ0n) is 18.0. The van der Waals surface area contributed by atoms with Crippen molar-refractivity contribution in [1.29, 1.82) is 0 Å². The highest BCUT2D eigenvalue weighted by atomic mass is 35.5.